The van der Waals surface area contributed by atoms with Crippen LogP contribution < -0.4 is 15.0 Å². The largest absolute Gasteiger partial charge is 0.464 e. The van der Waals surface area contributed by atoms with E-state index < -0.39 is 50.6 Å². The van der Waals surface area contributed by atoms with Gasteiger partial charge in [0, 0.05) is 12.5 Å². The molecule has 0 aliphatic rings. The fourth-order valence-electron chi connectivity index (χ4n) is 4.66. The van der Waals surface area contributed by atoms with Crippen molar-refractivity contribution in [3.8, 4) is 17.0 Å². The highest BCUT2D eigenvalue weighted by atomic mass is 32.2. The SMILES string of the molecule is CC(C)(C)OC(=O)NC(Cc1ccc(-c2ccccc2)cc1)CC(O)C(=O)OCCCCOc1no[n+]([O-])c1S(=O)(=O)c1ccccc1. The van der Waals surface area contributed by atoms with Gasteiger partial charge in [0.15, 0.2) is 6.10 Å². The van der Waals surface area contributed by atoms with E-state index in [4.69, 9.17) is 14.2 Å². The van der Waals surface area contributed by atoms with Gasteiger partial charge in [-0.25, -0.2) is 18.0 Å². The van der Waals surface area contributed by atoms with Gasteiger partial charge in [-0.1, -0.05) is 72.8 Å². The Morgan fingerprint density at radius 2 is 1.54 bits per heavy atom. The summed E-state index contributed by atoms with van der Waals surface area (Å²) in [5.41, 5.74) is 2.23. The molecule has 1 amide bonds. The normalized spacial score (nSPS) is 12.9. The predicted octanol–water partition coefficient (Wildman–Crippen LogP) is 4.40. The molecule has 2 unspecified atom stereocenters. The zero-order chi connectivity index (χ0) is 34.7. The number of aromatic nitrogens is 2. The van der Waals surface area contributed by atoms with Gasteiger partial charge < -0.3 is 29.8 Å². The highest BCUT2D eigenvalue weighted by Crippen LogP contribution is 2.25. The number of aliphatic hydroxyl groups excluding tert-OH is 1. The molecule has 0 radical (unpaired) electrons. The second kappa shape index (κ2) is 16.2. The third kappa shape index (κ3) is 10.3. The molecule has 48 heavy (non-hydrogen) atoms. The highest BCUT2D eigenvalue weighted by molar-refractivity contribution is 7.91. The molecule has 0 aliphatic carbocycles. The fraction of sp³-hybridized carbons (Fsp3) is 0.353. The van der Waals surface area contributed by atoms with Crippen molar-refractivity contribution < 1.29 is 46.9 Å². The molecule has 2 atom stereocenters. The third-order valence-electron chi connectivity index (χ3n) is 6.92. The average Bonchev–Trinajstić information content (AvgIpc) is 3.43. The minimum absolute atomic E-state index is 0.0606. The predicted molar refractivity (Wildman–Crippen MR) is 172 cm³/mol. The van der Waals surface area contributed by atoms with E-state index in [0.717, 1.165) is 16.7 Å². The summed E-state index contributed by atoms with van der Waals surface area (Å²) in [5, 5.41) is 28.1. The number of nitrogens with one attached hydrogen (secondary N) is 1. The quantitative estimate of drug-likeness (QED) is 0.103. The van der Waals surface area contributed by atoms with E-state index in [1.807, 2.05) is 54.6 Å². The number of hydrogen-bond acceptors (Lipinski definition) is 11. The van der Waals surface area contributed by atoms with Gasteiger partial charge in [0.1, 0.15) is 5.60 Å². The van der Waals surface area contributed by atoms with Crippen LogP contribution in [-0.2, 0) is 30.5 Å². The highest BCUT2D eigenvalue weighted by Gasteiger charge is 2.35. The number of esters is 1. The van der Waals surface area contributed by atoms with Gasteiger partial charge in [-0.3, -0.25) is 4.63 Å². The Labute approximate surface area is 278 Å². The number of sulfone groups is 1. The van der Waals surface area contributed by atoms with Crippen LogP contribution in [0.2, 0.25) is 0 Å². The van der Waals surface area contributed by atoms with Crippen LogP contribution in [0.4, 0.5) is 4.79 Å². The van der Waals surface area contributed by atoms with Crippen molar-refractivity contribution in [3.63, 3.8) is 0 Å². The molecule has 3 aromatic carbocycles. The topological polar surface area (TPSA) is 181 Å². The van der Waals surface area contributed by atoms with E-state index in [1.54, 1.807) is 26.8 Å². The van der Waals surface area contributed by atoms with Gasteiger partial charge in [-0.15, -0.1) is 0 Å². The van der Waals surface area contributed by atoms with Crippen LogP contribution in [0.15, 0.2) is 99.5 Å². The summed E-state index contributed by atoms with van der Waals surface area (Å²) in [6.07, 6.45) is -1.42. The molecule has 0 aliphatic heterocycles. The van der Waals surface area contributed by atoms with Crippen LogP contribution in [0.1, 0.15) is 45.6 Å². The lowest BCUT2D eigenvalue weighted by Gasteiger charge is -2.25. The van der Waals surface area contributed by atoms with Crippen molar-refractivity contribution in [3.05, 3.63) is 95.7 Å². The number of rotatable bonds is 15. The van der Waals surface area contributed by atoms with Crippen LogP contribution in [0, 0.1) is 5.21 Å². The number of ether oxygens (including phenoxy) is 3. The molecule has 4 rings (SSSR count). The average molecular weight is 682 g/mol. The van der Waals surface area contributed by atoms with Gasteiger partial charge in [0.05, 0.1) is 23.3 Å². The first-order valence-electron chi connectivity index (χ1n) is 15.3. The molecule has 0 spiro atoms. The van der Waals surface area contributed by atoms with Crippen LogP contribution in [0.5, 0.6) is 5.88 Å². The third-order valence-corrected chi connectivity index (χ3v) is 8.65. The fourth-order valence-corrected chi connectivity index (χ4v) is 5.96. The maximum atomic E-state index is 12.9. The Morgan fingerprint density at radius 3 is 2.19 bits per heavy atom. The second-order valence-corrected chi connectivity index (χ2v) is 13.8. The lowest BCUT2D eigenvalue weighted by atomic mass is 9.98. The number of carbonyl (C=O) groups excluding carboxylic acids is 2. The van der Waals surface area contributed by atoms with Gasteiger partial charge in [-0.2, -0.15) is 0 Å². The number of hydrogen-bond donors (Lipinski definition) is 2. The van der Waals surface area contributed by atoms with Crippen molar-refractivity contribution in [2.45, 2.75) is 74.1 Å². The summed E-state index contributed by atoms with van der Waals surface area (Å²) in [4.78, 5) is 24.8. The molecule has 0 saturated carbocycles. The molecule has 2 N–H and O–H groups in total. The smallest absolute Gasteiger partial charge is 0.414 e. The minimum atomic E-state index is -4.25. The second-order valence-electron chi connectivity index (χ2n) is 11.9. The molecule has 14 heteroatoms. The van der Waals surface area contributed by atoms with Crippen molar-refractivity contribution in [1.29, 1.82) is 0 Å². The van der Waals surface area contributed by atoms with E-state index in [0.29, 0.717) is 19.3 Å². The summed E-state index contributed by atoms with van der Waals surface area (Å²) in [6, 6.07) is 24.3. The van der Waals surface area contributed by atoms with Crippen molar-refractivity contribution in [2.75, 3.05) is 13.2 Å². The van der Waals surface area contributed by atoms with Gasteiger partial charge in [-0.05, 0) is 73.8 Å². The zero-order valence-electron chi connectivity index (χ0n) is 26.9. The van der Waals surface area contributed by atoms with E-state index in [1.165, 1.54) is 24.3 Å². The number of carbonyl (C=O) groups is 2. The Balaban J connectivity index is 1.27. The van der Waals surface area contributed by atoms with E-state index in [2.05, 4.69) is 15.1 Å². The van der Waals surface area contributed by atoms with Crippen LogP contribution in [0.25, 0.3) is 11.1 Å². The molecule has 256 valence electrons. The van der Waals surface area contributed by atoms with Crippen LogP contribution >= 0.6 is 0 Å². The number of alkyl carbamates (subject to hydrolysis) is 1. The number of unbranched alkanes of at least 4 members (excludes halogenated alkanes) is 1. The van der Waals surface area contributed by atoms with Crippen molar-refractivity contribution >= 4 is 21.9 Å². The lowest BCUT2D eigenvalue weighted by Crippen LogP contribution is -2.43. The maximum absolute atomic E-state index is 12.9. The van der Waals surface area contributed by atoms with Gasteiger partial charge in [0.25, 0.3) is 9.84 Å². The van der Waals surface area contributed by atoms with Crippen LogP contribution in [-0.4, -0.2) is 61.7 Å². The molecule has 13 nitrogen and oxygen atoms in total. The number of benzene rings is 3. The number of aliphatic hydroxyl groups is 1. The first kappa shape index (κ1) is 35.9. The Kier molecular flexibility index (Phi) is 12.1. The Bertz CT molecular complexity index is 1740. The minimum Gasteiger partial charge on any atom is -0.464 e. The first-order valence-corrected chi connectivity index (χ1v) is 16.8. The Hall–Kier alpha value is -4.95. The van der Waals surface area contributed by atoms with Crippen molar-refractivity contribution in [1.82, 2.24) is 10.5 Å². The van der Waals surface area contributed by atoms with Crippen molar-refractivity contribution in [2.24, 2.45) is 0 Å². The summed E-state index contributed by atoms with van der Waals surface area (Å²) < 4.78 is 46.2. The summed E-state index contributed by atoms with van der Waals surface area (Å²) in [5.74, 6) is -1.36. The molecular formula is C34H39N3O10S. The molecule has 0 bridgehead atoms. The Morgan fingerprint density at radius 1 is 0.938 bits per heavy atom. The van der Waals surface area contributed by atoms with E-state index >= 15 is 0 Å². The molecule has 0 fully saturated rings. The van der Waals surface area contributed by atoms with Gasteiger partial charge >= 0.3 is 23.0 Å². The van der Waals surface area contributed by atoms with E-state index in [9.17, 15) is 28.3 Å². The number of nitrogens with zero attached hydrogens (tertiary/aromatic N) is 2. The van der Waals surface area contributed by atoms with Crippen LogP contribution in [0.3, 0.4) is 0 Å². The van der Waals surface area contributed by atoms with E-state index in [-0.39, 0.29) is 29.4 Å². The summed E-state index contributed by atoms with van der Waals surface area (Å²) in [6.45, 7) is 5.07. The summed E-state index contributed by atoms with van der Waals surface area (Å²) in [7, 11) is -4.25. The maximum Gasteiger partial charge on any atom is 0.414 e. The molecule has 4 aromatic rings. The number of amides is 1. The molecular weight excluding hydrogens is 642 g/mol. The molecule has 1 aromatic heterocycles. The van der Waals surface area contributed by atoms with Gasteiger partial charge in [0.2, 0.25) is 0 Å². The zero-order valence-corrected chi connectivity index (χ0v) is 27.7. The summed E-state index contributed by atoms with van der Waals surface area (Å²) >= 11 is 0. The first-order chi connectivity index (χ1) is 22.8. The monoisotopic (exact) mass is 681 g/mol. The standard InChI is InChI=1S/C34H39N3O10S/c1-34(2,3)46-33(40)35-27(22-24-16-18-26(19-17-24)25-12-6-4-7-13-25)23-29(38)32(39)45-21-11-10-20-44-30-31(37(41)47-36-30)48(42,43)28-14-8-5-9-15-28/h4-9,12-19,27,29,38H,10-11,20-23H2,1-3H3,(H,35,40). The molecule has 1 heterocycles. The molecule has 0 saturated heterocycles. The lowest BCUT2D eigenvalue weighted by molar-refractivity contribution is -0.832.